The molecule has 3 rings (SSSR count). The number of nitrogens with zero attached hydrogens (tertiary/aromatic N) is 1. The molecule has 1 atom stereocenters. The van der Waals surface area contributed by atoms with Gasteiger partial charge in [-0.3, -0.25) is 9.59 Å². The fraction of sp³-hybridized carbons (Fsp3) is 0.250. The summed E-state index contributed by atoms with van der Waals surface area (Å²) in [5.74, 6) is -0.153. The van der Waals surface area contributed by atoms with Crippen molar-refractivity contribution in [2.75, 3.05) is 11.9 Å². The monoisotopic (exact) mass is 426 g/mol. The molecule has 1 fully saturated rings. The summed E-state index contributed by atoms with van der Waals surface area (Å²) in [6, 6.07) is 10.9. The van der Waals surface area contributed by atoms with Gasteiger partial charge in [0.2, 0.25) is 5.91 Å². The normalized spacial score (nSPS) is 17.5. The fourth-order valence-electron chi connectivity index (χ4n) is 2.62. The number of amides is 2. The van der Waals surface area contributed by atoms with Crippen molar-refractivity contribution in [2.45, 2.75) is 18.9 Å². The largest absolute Gasteiger partial charge is 0.326 e. The van der Waals surface area contributed by atoms with E-state index in [-0.39, 0.29) is 17.9 Å². The number of halogens is 1. The minimum atomic E-state index is -0.382. The molecule has 0 spiro atoms. The Morgan fingerprint density at radius 2 is 2.14 bits per heavy atom. The van der Waals surface area contributed by atoms with Gasteiger partial charge in [0.25, 0.3) is 5.91 Å². The topological polar surface area (TPSA) is 49.4 Å². The van der Waals surface area contributed by atoms with Gasteiger partial charge in [0.1, 0.15) is 6.04 Å². The molecule has 4 nitrogen and oxygen atoms in total. The van der Waals surface area contributed by atoms with Gasteiger partial charge in [-0.1, -0.05) is 12.1 Å². The minimum absolute atomic E-state index is 0.0460. The standard InChI is InChI=1S/C16H15IN2O2S/c17-11-4-1-5-12(10-11)18-15(20)13-6-2-8-19(13)16(21)14-7-3-9-22-14/h1,3-5,7,9-10,13H,2,6,8H2,(H,18,20)/t13-/m0/s1. The van der Waals surface area contributed by atoms with Crippen molar-refractivity contribution in [2.24, 2.45) is 0 Å². The molecule has 1 aliphatic rings. The number of benzene rings is 1. The molecule has 0 aliphatic carbocycles. The second kappa shape index (κ2) is 6.78. The molecule has 0 unspecified atom stereocenters. The maximum atomic E-state index is 12.5. The molecule has 2 amide bonds. The van der Waals surface area contributed by atoms with Gasteiger partial charge in [-0.25, -0.2) is 0 Å². The molecule has 1 N–H and O–H groups in total. The summed E-state index contributed by atoms with van der Waals surface area (Å²) < 4.78 is 1.06. The summed E-state index contributed by atoms with van der Waals surface area (Å²) in [5.41, 5.74) is 0.771. The molecule has 2 heterocycles. The van der Waals surface area contributed by atoms with Crippen LogP contribution in [0.25, 0.3) is 0 Å². The third kappa shape index (κ3) is 3.33. The van der Waals surface area contributed by atoms with Crippen LogP contribution >= 0.6 is 33.9 Å². The van der Waals surface area contributed by atoms with Gasteiger partial charge in [0, 0.05) is 15.8 Å². The third-order valence-corrected chi connectivity index (χ3v) is 5.17. The quantitative estimate of drug-likeness (QED) is 0.763. The van der Waals surface area contributed by atoms with Crippen molar-refractivity contribution < 1.29 is 9.59 Å². The second-order valence-corrected chi connectivity index (χ2v) is 7.33. The van der Waals surface area contributed by atoms with Gasteiger partial charge in [0.15, 0.2) is 0 Å². The molecule has 22 heavy (non-hydrogen) atoms. The summed E-state index contributed by atoms with van der Waals surface area (Å²) in [6.45, 7) is 0.640. The van der Waals surface area contributed by atoms with Crippen LogP contribution in [-0.4, -0.2) is 29.3 Å². The summed E-state index contributed by atoms with van der Waals surface area (Å²) in [5, 5.41) is 4.80. The van der Waals surface area contributed by atoms with Crippen LogP contribution in [0.3, 0.4) is 0 Å². The average Bonchev–Trinajstić information content (AvgIpc) is 3.18. The summed E-state index contributed by atoms with van der Waals surface area (Å²) in [4.78, 5) is 27.4. The SMILES string of the molecule is O=C(Nc1cccc(I)c1)[C@@H]1CCCN1C(=O)c1cccs1. The Balaban J connectivity index is 1.72. The van der Waals surface area contributed by atoms with Crippen molar-refractivity contribution >= 4 is 51.4 Å². The summed E-state index contributed by atoms with van der Waals surface area (Å²) >= 11 is 3.62. The first kappa shape index (κ1) is 15.5. The van der Waals surface area contributed by atoms with Crippen LogP contribution in [-0.2, 0) is 4.79 Å². The highest BCUT2D eigenvalue weighted by atomic mass is 127. The number of hydrogen-bond acceptors (Lipinski definition) is 3. The first-order valence-corrected chi connectivity index (χ1v) is 9.02. The predicted molar refractivity (Wildman–Crippen MR) is 96.2 cm³/mol. The summed E-state index contributed by atoms with van der Waals surface area (Å²) in [6.07, 6.45) is 1.58. The zero-order chi connectivity index (χ0) is 15.5. The van der Waals surface area contributed by atoms with Crippen LogP contribution in [0.15, 0.2) is 41.8 Å². The van der Waals surface area contributed by atoms with Gasteiger partial charge in [-0.05, 0) is 65.1 Å². The number of anilines is 1. The van der Waals surface area contributed by atoms with E-state index in [1.54, 1.807) is 11.0 Å². The van der Waals surface area contributed by atoms with Crippen molar-refractivity contribution in [3.63, 3.8) is 0 Å². The molecule has 1 aromatic heterocycles. The molecular formula is C16H15IN2O2S. The number of thiophene rings is 1. The molecule has 2 aromatic rings. The highest BCUT2D eigenvalue weighted by Gasteiger charge is 2.34. The van der Waals surface area contributed by atoms with E-state index in [0.29, 0.717) is 17.8 Å². The Hall–Kier alpha value is -1.41. The first-order chi connectivity index (χ1) is 10.6. The van der Waals surface area contributed by atoms with Gasteiger partial charge < -0.3 is 10.2 Å². The fourth-order valence-corrected chi connectivity index (χ4v) is 3.84. The lowest BCUT2D eigenvalue weighted by Crippen LogP contribution is -2.42. The van der Waals surface area contributed by atoms with Gasteiger partial charge in [-0.2, -0.15) is 0 Å². The van der Waals surface area contributed by atoms with Gasteiger partial charge in [-0.15, -0.1) is 11.3 Å². The smallest absolute Gasteiger partial charge is 0.264 e. The van der Waals surface area contributed by atoms with Crippen LogP contribution in [0.1, 0.15) is 22.5 Å². The first-order valence-electron chi connectivity index (χ1n) is 7.06. The van der Waals surface area contributed by atoms with E-state index in [9.17, 15) is 9.59 Å². The molecule has 1 aromatic carbocycles. The number of carbonyl (C=O) groups is 2. The molecule has 6 heteroatoms. The average molecular weight is 426 g/mol. The zero-order valence-corrected chi connectivity index (χ0v) is 14.8. The van der Waals surface area contributed by atoms with E-state index in [1.165, 1.54) is 11.3 Å². The van der Waals surface area contributed by atoms with E-state index in [4.69, 9.17) is 0 Å². The van der Waals surface area contributed by atoms with Crippen LogP contribution in [0.2, 0.25) is 0 Å². The van der Waals surface area contributed by atoms with Crippen molar-refractivity contribution in [1.29, 1.82) is 0 Å². The zero-order valence-electron chi connectivity index (χ0n) is 11.8. The van der Waals surface area contributed by atoms with Crippen molar-refractivity contribution in [1.82, 2.24) is 4.90 Å². The van der Waals surface area contributed by atoms with Crippen LogP contribution < -0.4 is 5.32 Å². The maximum absolute atomic E-state index is 12.5. The number of nitrogens with one attached hydrogen (secondary N) is 1. The van der Waals surface area contributed by atoms with Crippen molar-refractivity contribution in [3.05, 3.63) is 50.2 Å². The van der Waals surface area contributed by atoms with Gasteiger partial charge >= 0.3 is 0 Å². The Morgan fingerprint density at radius 3 is 2.86 bits per heavy atom. The molecule has 0 saturated carbocycles. The molecular weight excluding hydrogens is 411 g/mol. The Labute approximate surface area is 146 Å². The number of hydrogen-bond donors (Lipinski definition) is 1. The molecule has 0 bridgehead atoms. The number of carbonyl (C=O) groups excluding carboxylic acids is 2. The van der Waals surface area contributed by atoms with E-state index >= 15 is 0 Å². The Kier molecular flexibility index (Phi) is 4.77. The third-order valence-electron chi connectivity index (χ3n) is 3.64. The van der Waals surface area contributed by atoms with E-state index < -0.39 is 0 Å². The maximum Gasteiger partial charge on any atom is 0.264 e. The number of likely N-dealkylation sites (tertiary alicyclic amines) is 1. The lowest BCUT2D eigenvalue weighted by molar-refractivity contribution is -0.119. The molecule has 1 saturated heterocycles. The lowest BCUT2D eigenvalue weighted by atomic mass is 10.2. The highest BCUT2D eigenvalue weighted by molar-refractivity contribution is 14.1. The molecule has 0 radical (unpaired) electrons. The van der Waals surface area contributed by atoms with E-state index in [2.05, 4.69) is 27.9 Å². The molecule has 114 valence electrons. The highest BCUT2D eigenvalue weighted by Crippen LogP contribution is 2.23. The van der Waals surface area contributed by atoms with Crippen molar-refractivity contribution in [3.8, 4) is 0 Å². The summed E-state index contributed by atoms with van der Waals surface area (Å²) in [7, 11) is 0. The predicted octanol–water partition coefficient (Wildman–Crippen LogP) is 3.60. The lowest BCUT2D eigenvalue weighted by Gasteiger charge is -2.23. The molecule has 1 aliphatic heterocycles. The van der Waals surface area contributed by atoms with E-state index in [0.717, 1.165) is 15.7 Å². The van der Waals surface area contributed by atoms with Crippen LogP contribution in [0.5, 0.6) is 0 Å². The van der Waals surface area contributed by atoms with E-state index in [1.807, 2.05) is 35.7 Å². The number of rotatable bonds is 3. The Bertz CT molecular complexity index is 687. The minimum Gasteiger partial charge on any atom is -0.326 e. The van der Waals surface area contributed by atoms with Gasteiger partial charge in [0.05, 0.1) is 4.88 Å². The second-order valence-electron chi connectivity index (χ2n) is 5.13. The van der Waals surface area contributed by atoms with Crippen LogP contribution in [0.4, 0.5) is 5.69 Å². The van der Waals surface area contributed by atoms with Crippen LogP contribution in [0, 0.1) is 3.57 Å². The Morgan fingerprint density at radius 1 is 1.27 bits per heavy atom.